The smallest absolute Gasteiger partial charge is 0.306 e. The van der Waals surface area contributed by atoms with E-state index in [-0.39, 0.29) is 50.0 Å². The van der Waals surface area contributed by atoms with Crippen LogP contribution in [0.25, 0.3) is 0 Å². The van der Waals surface area contributed by atoms with E-state index in [1.807, 2.05) is 0 Å². The minimum absolute atomic E-state index is 0.129. The number of carbonyl (C=O) groups excluding carboxylic acids is 2. The highest BCUT2D eigenvalue weighted by molar-refractivity contribution is 7.89. The van der Waals surface area contributed by atoms with Gasteiger partial charge in [-0.1, -0.05) is 18.2 Å². The normalized spacial score (nSPS) is 15.4. The average Bonchev–Trinajstić information content (AvgIpc) is 3.25. The minimum Gasteiger partial charge on any atom is -0.469 e. The van der Waals surface area contributed by atoms with Crippen LogP contribution in [-0.2, 0) is 30.8 Å². The quantitative estimate of drug-likeness (QED) is 0.643. The van der Waals surface area contributed by atoms with Gasteiger partial charge in [0.15, 0.2) is 6.61 Å². The third kappa shape index (κ3) is 4.99. The first-order valence-electron chi connectivity index (χ1n) is 8.98. The van der Waals surface area contributed by atoms with Gasteiger partial charge in [-0.3, -0.25) is 9.59 Å². The molecule has 0 saturated carbocycles. The number of aryl methyl sites for hydroxylation is 1. The van der Waals surface area contributed by atoms with Gasteiger partial charge >= 0.3 is 5.97 Å². The molecule has 1 aliphatic rings. The molecule has 0 atom stereocenters. The van der Waals surface area contributed by atoms with Gasteiger partial charge in [-0.2, -0.15) is 4.31 Å². The number of rotatable bonds is 7. The highest BCUT2D eigenvalue weighted by Gasteiger charge is 2.30. The number of piperazine rings is 1. The van der Waals surface area contributed by atoms with Crippen molar-refractivity contribution in [2.75, 3.05) is 32.8 Å². The maximum Gasteiger partial charge on any atom is 0.306 e. The lowest BCUT2D eigenvalue weighted by Crippen LogP contribution is -2.51. The van der Waals surface area contributed by atoms with Gasteiger partial charge < -0.3 is 14.1 Å². The molecule has 8 nitrogen and oxygen atoms in total. The third-order valence-electron chi connectivity index (χ3n) is 4.48. The summed E-state index contributed by atoms with van der Waals surface area (Å²) in [6.45, 7) is 0.580. The lowest BCUT2D eigenvalue weighted by atomic mass is 10.2. The molecule has 2 aromatic rings. The number of benzene rings is 1. The lowest BCUT2D eigenvalue weighted by molar-refractivity contribution is -0.152. The van der Waals surface area contributed by atoms with E-state index >= 15 is 0 Å². The second kappa shape index (κ2) is 9.03. The minimum atomic E-state index is -3.56. The number of hydrogen-bond donors (Lipinski definition) is 0. The van der Waals surface area contributed by atoms with Crippen molar-refractivity contribution in [2.45, 2.75) is 17.7 Å². The van der Waals surface area contributed by atoms with E-state index in [0.717, 1.165) is 0 Å². The van der Waals surface area contributed by atoms with Crippen LogP contribution in [0.3, 0.4) is 0 Å². The summed E-state index contributed by atoms with van der Waals surface area (Å²) in [5, 5.41) is 0. The number of ether oxygens (including phenoxy) is 1. The summed E-state index contributed by atoms with van der Waals surface area (Å²) in [6.07, 6.45) is 2.07. The van der Waals surface area contributed by atoms with Crippen LogP contribution < -0.4 is 0 Å². The van der Waals surface area contributed by atoms with Crippen molar-refractivity contribution in [3.8, 4) is 0 Å². The van der Waals surface area contributed by atoms with Crippen molar-refractivity contribution < 1.29 is 27.2 Å². The first-order valence-corrected chi connectivity index (χ1v) is 10.4. The monoisotopic (exact) mass is 406 g/mol. The molecule has 1 aromatic heterocycles. The molecule has 1 saturated heterocycles. The molecule has 0 radical (unpaired) electrons. The van der Waals surface area contributed by atoms with Gasteiger partial charge in [0, 0.05) is 32.6 Å². The van der Waals surface area contributed by atoms with Gasteiger partial charge in [-0.05, 0) is 24.3 Å². The van der Waals surface area contributed by atoms with Crippen molar-refractivity contribution in [3.63, 3.8) is 0 Å². The molecule has 2 heterocycles. The van der Waals surface area contributed by atoms with Crippen LogP contribution in [0.5, 0.6) is 0 Å². The van der Waals surface area contributed by atoms with E-state index in [0.29, 0.717) is 12.2 Å². The summed E-state index contributed by atoms with van der Waals surface area (Å²) in [6, 6.07) is 11.7. The van der Waals surface area contributed by atoms with Crippen LogP contribution >= 0.6 is 0 Å². The number of esters is 1. The fourth-order valence-corrected chi connectivity index (χ4v) is 4.35. The van der Waals surface area contributed by atoms with Crippen LogP contribution in [-0.4, -0.2) is 62.3 Å². The molecule has 150 valence electrons. The molecule has 3 rings (SSSR count). The Labute approximate surface area is 163 Å². The zero-order chi connectivity index (χ0) is 20.0. The third-order valence-corrected chi connectivity index (χ3v) is 6.40. The van der Waals surface area contributed by atoms with Gasteiger partial charge in [0.05, 0.1) is 17.6 Å². The largest absolute Gasteiger partial charge is 0.469 e. The Kier molecular flexibility index (Phi) is 6.48. The Hall–Kier alpha value is -2.65. The molecular weight excluding hydrogens is 384 g/mol. The summed E-state index contributed by atoms with van der Waals surface area (Å²) >= 11 is 0. The molecule has 9 heteroatoms. The molecular formula is C19H22N2O6S. The summed E-state index contributed by atoms with van der Waals surface area (Å²) in [5.41, 5.74) is 0. The number of furan rings is 1. The molecule has 0 spiro atoms. The molecule has 0 unspecified atom stereocenters. The number of sulfonamides is 1. The van der Waals surface area contributed by atoms with Crippen molar-refractivity contribution in [3.05, 3.63) is 54.5 Å². The maximum absolute atomic E-state index is 12.6. The zero-order valence-corrected chi connectivity index (χ0v) is 16.1. The van der Waals surface area contributed by atoms with E-state index in [9.17, 15) is 18.0 Å². The number of hydrogen-bond acceptors (Lipinski definition) is 6. The highest BCUT2D eigenvalue weighted by Crippen LogP contribution is 2.17. The predicted octanol–water partition coefficient (Wildman–Crippen LogP) is 1.29. The topological polar surface area (TPSA) is 97.1 Å². The van der Waals surface area contributed by atoms with Gasteiger partial charge in [-0.15, -0.1) is 0 Å². The summed E-state index contributed by atoms with van der Waals surface area (Å²) in [5.74, 6) is -0.128. The molecule has 1 aromatic carbocycles. The molecule has 1 aliphatic heterocycles. The summed E-state index contributed by atoms with van der Waals surface area (Å²) < 4.78 is 36.7. The molecule has 0 bridgehead atoms. The second-order valence-electron chi connectivity index (χ2n) is 6.34. The Balaban J connectivity index is 1.43. The number of amides is 1. The Morgan fingerprint density at radius 3 is 2.36 bits per heavy atom. The first kappa shape index (κ1) is 20.1. The molecule has 1 fully saturated rings. The van der Waals surface area contributed by atoms with Crippen LogP contribution in [0, 0.1) is 0 Å². The zero-order valence-electron chi connectivity index (χ0n) is 15.3. The maximum atomic E-state index is 12.6. The van der Waals surface area contributed by atoms with Crippen LogP contribution in [0.1, 0.15) is 12.2 Å². The number of nitrogens with zero attached hydrogens (tertiary/aromatic N) is 2. The van der Waals surface area contributed by atoms with Crippen LogP contribution in [0.2, 0.25) is 0 Å². The van der Waals surface area contributed by atoms with Crippen molar-refractivity contribution in [2.24, 2.45) is 0 Å². The van der Waals surface area contributed by atoms with E-state index in [4.69, 9.17) is 9.15 Å². The number of carbonyl (C=O) groups is 2. The molecule has 0 aliphatic carbocycles. The SMILES string of the molecule is O=C(CCc1ccco1)OCC(=O)N1CCN(S(=O)(=O)c2ccccc2)CC1. The van der Waals surface area contributed by atoms with Gasteiger partial charge in [0.25, 0.3) is 5.91 Å². The molecule has 28 heavy (non-hydrogen) atoms. The summed E-state index contributed by atoms with van der Waals surface area (Å²) in [4.78, 5) is 25.7. The molecule has 1 amide bonds. The standard InChI is InChI=1S/C19H22N2O6S/c22-18(15-27-19(23)9-8-16-5-4-14-26-16)20-10-12-21(13-11-20)28(24,25)17-6-2-1-3-7-17/h1-7,14H,8-13,15H2. The van der Waals surface area contributed by atoms with Crippen molar-refractivity contribution in [1.82, 2.24) is 9.21 Å². The molecule has 0 N–H and O–H groups in total. The highest BCUT2D eigenvalue weighted by atomic mass is 32.2. The Morgan fingerprint density at radius 2 is 1.71 bits per heavy atom. The van der Waals surface area contributed by atoms with Gasteiger partial charge in [-0.25, -0.2) is 8.42 Å². The fourth-order valence-electron chi connectivity index (χ4n) is 2.91. The predicted molar refractivity (Wildman–Crippen MR) is 99.8 cm³/mol. The van der Waals surface area contributed by atoms with Gasteiger partial charge in [0.1, 0.15) is 5.76 Å². The first-order chi connectivity index (χ1) is 13.5. The van der Waals surface area contributed by atoms with E-state index < -0.39 is 16.0 Å². The van der Waals surface area contributed by atoms with Crippen LogP contribution in [0.4, 0.5) is 0 Å². The summed E-state index contributed by atoms with van der Waals surface area (Å²) in [7, 11) is -3.56. The fraction of sp³-hybridized carbons (Fsp3) is 0.368. The lowest BCUT2D eigenvalue weighted by Gasteiger charge is -2.33. The van der Waals surface area contributed by atoms with Crippen molar-refractivity contribution >= 4 is 21.9 Å². The van der Waals surface area contributed by atoms with Crippen molar-refractivity contribution in [1.29, 1.82) is 0 Å². The Morgan fingerprint density at radius 1 is 1.00 bits per heavy atom. The van der Waals surface area contributed by atoms with E-state index in [1.54, 1.807) is 42.5 Å². The van der Waals surface area contributed by atoms with Gasteiger partial charge in [0.2, 0.25) is 10.0 Å². The second-order valence-corrected chi connectivity index (χ2v) is 8.28. The van der Waals surface area contributed by atoms with E-state index in [1.165, 1.54) is 15.5 Å². The average molecular weight is 406 g/mol. The van der Waals surface area contributed by atoms with Crippen LogP contribution in [0.15, 0.2) is 58.0 Å². The Bertz CT molecular complexity index is 888. The van der Waals surface area contributed by atoms with E-state index in [2.05, 4.69) is 0 Å².